The molecular weight excluding hydrogens is 397 g/mol. The lowest BCUT2D eigenvalue weighted by Crippen LogP contribution is -2.38. The first kappa shape index (κ1) is 19.7. The van der Waals surface area contributed by atoms with E-state index in [2.05, 4.69) is 4.99 Å². The molecule has 0 amide bonds. The summed E-state index contributed by atoms with van der Waals surface area (Å²) in [5, 5.41) is 0.855. The third-order valence-corrected chi connectivity index (χ3v) is 6.72. The molecule has 1 heterocycles. The van der Waals surface area contributed by atoms with Crippen LogP contribution in [-0.4, -0.2) is 23.6 Å². The molecule has 0 spiro atoms. The van der Waals surface area contributed by atoms with E-state index in [4.69, 9.17) is 27.9 Å². The van der Waals surface area contributed by atoms with Crippen molar-refractivity contribution in [2.24, 2.45) is 10.9 Å². The first-order valence-electron chi connectivity index (χ1n) is 9.92. The molecule has 1 aliphatic heterocycles. The van der Waals surface area contributed by atoms with Crippen molar-refractivity contribution in [3.05, 3.63) is 45.1 Å². The monoisotopic (exact) mass is 419 g/mol. The van der Waals surface area contributed by atoms with E-state index >= 15 is 0 Å². The van der Waals surface area contributed by atoms with E-state index in [1.54, 1.807) is 12.1 Å². The van der Waals surface area contributed by atoms with Gasteiger partial charge in [-0.05, 0) is 63.1 Å². The van der Waals surface area contributed by atoms with Crippen LogP contribution >= 0.6 is 23.2 Å². The molecule has 2 aliphatic carbocycles. The molecule has 1 aromatic carbocycles. The Bertz CT molecular complexity index is 884. The first-order valence-corrected chi connectivity index (χ1v) is 10.7. The zero-order valence-corrected chi connectivity index (χ0v) is 17.4. The van der Waals surface area contributed by atoms with Crippen LogP contribution in [0.4, 0.5) is 0 Å². The summed E-state index contributed by atoms with van der Waals surface area (Å²) in [4.78, 5) is 30.7. The molecule has 0 aromatic heterocycles. The van der Waals surface area contributed by atoms with Crippen LogP contribution < -0.4 is 0 Å². The number of aliphatic imine (C=N–C) groups is 1. The number of hydrogen-bond donors (Lipinski definition) is 0. The largest absolute Gasteiger partial charge is 0.462 e. The highest BCUT2D eigenvalue weighted by Gasteiger charge is 2.43. The number of rotatable bonds is 3. The number of carbonyl (C=O) groups is 2. The van der Waals surface area contributed by atoms with Crippen molar-refractivity contribution in [1.29, 1.82) is 0 Å². The number of hydrogen-bond acceptors (Lipinski definition) is 4. The summed E-state index contributed by atoms with van der Waals surface area (Å²) in [6, 6.07) is 5.32. The summed E-state index contributed by atoms with van der Waals surface area (Å²) in [5.74, 6) is -1.27. The number of nitrogens with zero attached hydrogens (tertiary/aromatic N) is 1. The van der Waals surface area contributed by atoms with Crippen molar-refractivity contribution in [2.45, 2.75) is 63.9 Å². The Balaban J connectivity index is 1.77. The van der Waals surface area contributed by atoms with E-state index < -0.39 is 11.8 Å². The average molecular weight is 420 g/mol. The number of ether oxygens (including phenoxy) is 1. The Morgan fingerprint density at radius 3 is 2.57 bits per heavy atom. The third-order valence-electron chi connectivity index (χ3n) is 5.98. The zero-order chi connectivity index (χ0) is 19.8. The molecule has 1 aromatic rings. The summed E-state index contributed by atoms with van der Waals surface area (Å²) in [6.45, 7) is 1.86. The van der Waals surface area contributed by atoms with Crippen LogP contribution in [0.25, 0.3) is 0 Å². The number of Topliss-reactive ketones (excluding diaryl/α,β-unsaturated/α-hetero) is 1. The van der Waals surface area contributed by atoms with E-state index in [0.29, 0.717) is 27.8 Å². The van der Waals surface area contributed by atoms with Crippen LogP contribution in [0.1, 0.15) is 63.4 Å². The van der Waals surface area contributed by atoms with E-state index in [0.717, 1.165) is 49.8 Å². The molecule has 1 unspecified atom stereocenters. The molecule has 4 rings (SSSR count). The number of esters is 1. The summed E-state index contributed by atoms with van der Waals surface area (Å²) in [6.07, 6.45) is 5.96. The molecular formula is C22H23Cl2NO3. The fourth-order valence-electron chi connectivity index (χ4n) is 4.62. The second-order valence-corrected chi connectivity index (χ2v) is 8.68. The minimum Gasteiger partial charge on any atom is -0.462 e. The molecule has 0 N–H and O–H groups in total. The number of benzene rings is 1. The van der Waals surface area contributed by atoms with E-state index in [-0.39, 0.29) is 17.9 Å². The lowest BCUT2D eigenvalue weighted by atomic mass is 9.72. The van der Waals surface area contributed by atoms with Crippen LogP contribution in [0.3, 0.4) is 0 Å². The zero-order valence-electron chi connectivity index (χ0n) is 15.8. The predicted octanol–water partition coefficient (Wildman–Crippen LogP) is 5.66. The molecule has 1 fully saturated rings. The molecule has 28 heavy (non-hydrogen) atoms. The van der Waals surface area contributed by atoms with Gasteiger partial charge in [-0.25, -0.2) is 0 Å². The van der Waals surface area contributed by atoms with Gasteiger partial charge in [0.05, 0.1) is 10.0 Å². The van der Waals surface area contributed by atoms with Gasteiger partial charge in [0, 0.05) is 29.3 Å². The van der Waals surface area contributed by atoms with E-state index in [1.807, 2.05) is 13.0 Å². The highest BCUT2D eigenvalue weighted by atomic mass is 35.5. The van der Waals surface area contributed by atoms with Gasteiger partial charge in [0.2, 0.25) is 0 Å². The maximum atomic E-state index is 13.2. The van der Waals surface area contributed by atoms with Crippen molar-refractivity contribution in [1.82, 2.24) is 0 Å². The van der Waals surface area contributed by atoms with Crippen LogP contribution in [-0.2, 0) is 14.3 Å². The number of allylic oxidation sites excluding steroid dienone is 2. The summed E-state index contributed by atoms with van der Waals surface area (Å²) < 4.78 is 5.83. The number of carbonyl (C=O) groups excluding carboxylic acids is 2. The van der Waals surface area contributed by atoms with Crippen molar-refractivity contribution < 1.29 is 14.3 Å². The number of halogens is 2. The minimum absolute atomic E-state index is 0.0350. The smallest absolute Gasteiger partial charge is 0.315 e. The lowest BCUT2D eigenvalue weighted by molar-refractivity contribution is -0.151. The summed E-state index contributed by atoms with van der Waals surface area (Å²) >= 11 is 12.4. The van der Waals surface area contributed by atoms with Crippen LogP contribution in [0, 0.1) is 5.92 Å². The van der Waals surface area contributed by atoms with Gasteiger partial charge < -0.3 is 4.74 Å². The molecule has 6 heteroatoms. The number of ketones is 1. The van der Waals surface area contributed by atoms with Gasteiger partial charge in [0.25, 0.3) is 0 Å². The highest BCUT2D eigenvalue weighted by Crippen LogP contribution is 2.45. The Labute approximate surface area is 175 Å². The standard InChI is InChI=1S/C22H23Cl2NO3/c1-12-19(22(27)28-14-5-2-3-6-14)20(13-9-10-15(23)16(24)11-13)21-17(25-12)7-4-8-18(21)26/h9-11,14,19-20H,2-8H2,1H3/t19?,20-/m0/s1. The van der Waals surface area contributed by atoms with Gasteiger partial charge in [0.1, 0.15) is 12.0 Å². The van der Waals surface area contributed by atoms with Crippen LogP contribution in [0.15, 0.2) is 34.5 Å². The Hall–Kier alpha value is -1.65. The van der Waals surface area contributed by atoms with Crippen molar-refractivity contribution in [2.75, 3.05) is 0 Å². The van der Waals surface area contributed by atoms with Gasteiger partial charge in [0.15, 0.2) is 5.78 Å². The van der Waals surface area contributed by atoms with Crippen molar-refractivity contribution >= 4 is 40.7 Å². The van der Waals surface area contributed by atoms with Crippen LogP contribution in [0.5, 0.6) is 0 Å². The summed E-state index contributed by atoms with van der Waals surface area (Å²) in [5.41, 5.74) is 2.95. The molecule has 3 aliphatic rings. The van der Waals surface area contributed by atoms with Gasteiger partial charge in [-0.2, -0.15) is 0 Å². The second kappa shape index (κ2) is 8.00. The fraction of sp³-hybridized carbons (Fsp3) is 0.500. The lowest BCUT2D eigenvalue weighted by Gasteiger charge is -2.35. The van der Waals surface area contributed by atoms with E-state index in [9.17, 15) is 9.59 Å². The maximum Gasteiger partial charge on any atom is 0.315 e. The maximum absolute atomic E-state index is 13.2. The quantitative estimate of drug-likeness (QED) is 0.593. The topological polar surface area (TPSA) is 55.7 Å². The third kappa shape index (κ3) is 3.65. The normalized spacial score (nSPS) is 25.5. The Morgan fingerprint density at radius 2 is 1.86 bits per heavy atom. The Kier molecular flexibility index (Phi) is 5.62. The van der Waals surface area contributed by atoms with Crippen molar-refractivity contribution in [3.63, 3.8) is 0 Å². The van der Waals surface area contributed by atoms with Gasteiger partial charge >= 0.3 is 5.97 Å². The average Bonchev–Trinajstić information content (AvgIpc) is 3.16. The SMILES string of the molecule is CC1=NC2=C(C(=O)CCC2)[C@@H](c2ccc(Cl)c(Cl)c2)C1C(=O)OC1CCCC1. The molecule has 148 valence electrons. The molecule has 0 radical (unpaired) electrons. The molecule has 4 nitrogen and oxygen atoms in total. The van der Waals surface area contributed by atoms with Gasteiger partial charge in [-0.1, -0.05) is 29.3 Å². The minimum atomic E-state index is -0.612. The van der Waals surface area contributed by atoms with Crippen LogP contribution in [0.2, 0.25) is 10.0 Å². The van der Waals surface area contributed by atoms with Crippen molar-refractivity contribution in [3.8, 4) is 0 Å². The summed E-state index contributed by atoms with van der Waals surface area (Å²) in [7, 11) is 0. The molecule has 2 atom stereocenters. The van der Waals surface area contributed by atoms with Gasteiger partial charge in [-0.15, -0.1) is 0 Å². The Morgan fingerprint density at radius 1 is 1.11 bits per heavy atom. The highest BCUT2D eigenvalue weighted by molar-refractivity contribution is 6.42. The van der Waals surface area contributed by atoms with E-state index in [1.165, 1.54) is 0 Å². The predicted molar refractivity (Wildman–Crippen MR) is 110 cm³/mol. The van der Waals surface area contributed by atoms with Gasteiger partial charge in [-0.3, -0.25) is 14.6 Å². The fourth-order valence-corrected chi connectivity index (χ4v) is 4.93. The molecule has 0 bridgehead atoms. The first-order chi connectivity index (χ1) is 13.5. The second-order valence-electron chi connectivity index (χ2n) is 7.86. The molecule has 0 saturated heterocycles. The molecule has 1 saturated carbocycles.